The molecule has 1 aromatic carbocycles. The summed E-state index contributed by atoms with van der Waals surface area (Å²) in [4.78, 5) is 2.47. The van der Waals surface area contributed by atoms with Crippen LogP contribution in [0.2, 0.25) is 0 Å². The van der Waals surface area contributed by atoms with E-state index in [4.69, 9.17) is 0 Å². The minimum absolute atomic E-state index is 0. The molecule has 1 fully saturated rings. The van der Waals surface area contributed by atoms with Gasteiger partial charge in [-0.15, -0.1) is 24.8 Å². The van der Waals surface area contributed by atoms with Crippen LogP contribution in [0.3, 0.4) is 0 Å². The van der Waals surface area contributed by atoms with E-state index in [9.17, 15) is 4.39 Å². The van der Waals surface area contributed by atoms with Crippen molar-refractivity contribution in [1.82, 2.24) is 10.2 Å². The maximum Gasteiger partial charge on any atom is 0.137 e. The van der Waals surface area contributed by atoms with Crippen LogP contribution < -0.4 is 5.32 Å². The number of benzene rings is 1. The summed E-state index contributed by atoms with van der Waals surface area (Å²) in [5, 5.41) is 3.37. The Hall–Kier alpha value is 0.130. The van der Waals surface area contributed by atoms with Gasteiger partial charge < -0.3 is 5.32 Å². The number of piperazine rings is 1. The average molecular weight is 402 g/mol. The minimum atomic E-state index is -0.165. The van der Waals surface area contributed by atoms with Crippen molar-refractivity contribution in [2.24, 2.45) is 5.92 Å². The van der Waals surface area contributed by atoms with Crippen molar-refractivity contribution in [3.8, 4) is 0 Å². The van der Waals surface area contributed by atoms with Crippen LogP contribution in [-0.2, 0) is 0 Å². The number of nitrogens with one attached hydrogen (secondary N) is 1. The Balaban J connectivity index is 0.00000200. The molecule has 0 amide bonds. The van der Waals surface area contributed by atoms with E-state index in [1.54, 1.807) is 6.07 Å². The van der Waals surface area contributed by atoms with Crippen LogP contribution in [0.1, 0.15) is 31.9 Å². The summed E-state index contributed by atoms with van der Waals surface area (Å²) in [6.07, 6.45) is 1.07. The highest BCUT2D eigenvalue weighted by Gasteiger charge is 2.23. The molecule has 1 aliphatic heterocycles. The fourth-order valence-electron chi connectivity index (χ4n) is 2.66. The SMILES string of the molecule is CC(C)C[C@@H](c1ccc(Br)c(F)c1)N1CCNCC1.Cl.Cl. The molecule has 0 radical (unpaired) electrons. The third-order valence-corrected chi connectivity index (χ3v) is 4.26. The molecule has 1 aliphatic rings. The molecule has 0 unspecified atom stereocenters. The number of hydrogen-bond donors (Lipinski definition) is 1. The molecule has 0 saturated carbocycles. The van der Waals surface area contributed by atoms with Crippen LogP contribution in [-0.4, -0.2) is 31.1 Å². The zero-order valence-electron chi connectivity index (χ0n) is 12.4. The first-order valence-electron chi connectivity index (χ1n) is 6.97. The molecule has 2 rings (SSSR count). The lowest BCUT2D eigenvalue weighted by Crippen LogP contribution is -2.45. The van der Waals surface area contributed by atoms with Gasteiger partial charge in [0.2, 0.25) is 0 Å². The van der Waals surface area contributed by atoms with Gasteiger partial charge in [-0.3, -0.25) is 4.90 Å². The first-order valence-corrected chi connectivity index (χ1v) is 7.77. The van der Waals surface area contributed by atoms with E-state index in [2.05, 4.69) is 40.0 Å². The Kier molecular flexibility index (Phi) is 10.1. The third-order valence-electron chi connectivity index (χ3n) is 3.62. The second-order valence-corrected chi connectivity index (χ2v) is 6.46. The summed E-state index contributed by atoms with van der Waals surface area (Å²) >= 11 is 3.23. The molecule has 0 aliphatic carbocycles. The molecule has 0 spiro atoms. The predicted molar refractivity (Wildman–Crippen MR) is 95.2 cm³/mol. The van der Waals surface area contributed by atoms with Crippen molar-refractivity contribution in [2.75, 3.05) is 26.2 Å². The van der Waals surface area contributed by atoms with Gasteiger partial charge >= 0.3 is 0 Å². The number of rotatable bonds is 4. The Morgan fingerprint density at radius 2 is 1.86 bits per heavy atom. The summed E-state index contributed by atoms with van der Waals surface area (Å²) in [6, 6.07) is 5.87. The molecule has 0 bridgehead atoms. The van der Waals surface area contributed by atoms with Crippen LogP contribution in [0.4, 0.5) is 4.39 Å². The van der Waals surface area contributed by atoms with Crippen molar-refractivity contribution >= 4 is 40.7 Å². The largest absolute Gasteiger partial charge is 0.314 e. The molecule has 1 heterocycles. The fraction of sp³-hybridized carbons (Fsp3) is 0.600. The van der Waals surface area contributed by atoms with Crippen LogP contribution in [0.25, 0.3) is 0 Å². The minimum Gasteiger partial charge on any atom is -0.314 e. The monoisotopic (exact) mass is 400 g/mol. The molecule has 0 aromatic heterocycles. The lowest BCUT2D eigenvalue weighted by atomic mass is 9.95. The Morgan fingerprint density at radius 3 is 2.38 bits per heavy atom. The second kappa shape index (κ2) is 10.0. The summed E-state index contributed by atoms with van der Waals surface area (Å²) in [5.41, 5.74) is 1.09. The topological polar surface area (TPSA) is 15.3 Å². The molecule has 1 aromatic rings. The zero-order valence-corrected chi connectivity index (χ0v) is 15.7. The standard InChI is InChI=1S/C15H22BrFN2.2ClH/c1-11(2)9-15(19-7-5-18-6-8-19)12-3-4-13(16)14(17)10-12;;/h3-4,10-11,15,18H,5-9H2,1-2H3;2*1H/t15-;;/m0../s1. The first kappa shape index (κ1) is 21.1. The summed E-state index contributed by atoms with van der Waals surface area (Å²) in [7, 11) is 0. The van der Waals surface area contributed by atoms with Crippen molar-refractivity contribution in [1.29, 1.82) is 0 Å². The van der Waals surface area contributed by atoms with E-state index in [1.165, 1.54) is 0 Å². The van der Waals surface area contributed by atoms with Gasteiger partial charge in [0.1, 0.15) is 5.82 Å². The van der Waals surface area contributed by atoms with Gasteiger partial charge in [-0.1, -0.05) is 19.9 Å². The lowest BCUT2D eigenvalue weighted by Gasteiger charge is -2.36. The molecule has 21 heavy (non-hydrogen) atoms. The van der Waals surface area contributed by atoms with Crippen molar-refractivity contribution < 1.29 is 4.39 Å². The molecule has 6 heteroatoms. The number of hydrogen-bond acceptors (Lipinski definition) is 2. The molecule has 1 atom stereocenters. The molecule has 1 saturated heterocycles. The van der Waals surface area contributed by atoms with E-state index in [0.717, 1.165) is 38.2 Å². The van der Waals surface area contributed by atoms with Gasteiger partial charge in [0.25, 0.3) is 0 Å². The first-order chi connectivity index (χ1) is 9.08. The average Bonchev–Trinajstić information content (AvgIpc) is 2.40. The molecule has 1 N–H and O–H groups in total. The van der Waals surface area contributed by atoms with Crippen LogP contribution >= 0.6 is 40.7 Å². The van der Waals surface area contributed by atoms with Gasteiger partial charge in [-0.05, 0) is 46.0 Å². The molecule has 122 valence electrons. The fourth-order valence-corrected chi connectivity index (χ4v) is 2.90. The van der Waals surface area contributed by atoms with E-state index in [1.807, 2.05) is 12.1 Å². The normalized spacial score (nSPS) is 17.0. The molecular formula is C15H24BrCl2FN2. The van der Waals surface area contributed by atoms with Crippen molar-refractivity contribution in [2.45, 2.75) is 26.3 Å². The third kappa shape index (κ3) is 6.03. The summed E-state index contributed by atoms with van der Waals surface area (Å²) < 4.78 is 14.3. The van der Waals surface area contributed by atoms with Gasteiger partial charge in [0.15, 0.2) is 0 Å². The maximum atomic E-state index is 13.8. The van der Waals surface area contributed by atoms with Crippen LogP contribution in [0.15, 0.2) is 22.7 Å². The highest BCUT2D eigenvalue weighted by molar-refractivity contribution is 9.10. The van der Waals surface area contributed by atoms with Gasteiger partial charge in [0.05, 0.1) is 4.47 Å². The summed E-state index contributed by atoms with van der Waals surface area (Å²) in [5.74, 6) is 0.438. The summed E-state index contributed by atoms with van der Waals surface area (Å²) in [6.45, 7) is 8.57. The lowest BCUT2D eigenvalue weighted by molar-refractivity contribution is 0.154. The van der Waals surface area contributed by atoms with Crippen LogP contribution in [0, 0.1) is 11.7 Å². The van der Waals surface area contributed by atoms with Gasteiger partial charge in [-0.25, -0.2) is 4.39 Å². The Labute approximate surface area is 147 Å². The van der Waals surface area contributed by atoms with E-state index in [0.29, 0.717) is 16.4 Å². The van der Waals surface area contributed by atoms with E-state index >= 15 is 0 Å². The van der Waals surface area contributed by atoms with E-state index < -0.39 is 0 Å². The zero-order chi connectivity index (χ0) is 13.8. The van der Waals surface area contributed by atoms with Gasteiger partial charge in [0, 0.05) is 32.2 Å². The highest BCUT2D eigenvalue weighted by Crippen LogP contribution is 2.30. The van der Waals surface area contributed by atoms with Gasteiger partial charge in [-0.2, -0.15) is 0 Å². The second-order valence-electron chi connectivity index (χ2n) is 5.60. The highest BCUT2D eigenvalue weighted by atomic mass is 79.9. The van der Waals surface area contributed by atoms with Crippen molar-refractivity contribution in [3.05, 3.63) is 34.1 Å². The molecule has 2 nitrogen and oxygen atoms in total. The smallest absolute Gasteiger partial charge is 0.137 e. The maximum absolute atomic E-state index is 13.8. The van der Waals surface area contributed by atoms with E-state index in [-0.39, 0.29) is 30.6 Å². The number of nitrogens with zero attached hydrogens (tertiary/aromatic N) is 1. The quantitative estimate of drug-likeness (QED) is 0.802. The molecular weight excluding hydrogens is 378 g/mol. The number of halogens is 4. The Bertz CT molecular complexity index is 426. The van der Waals surface area contributed by atoms with Crippen molar-refractivity contribution in [3.63, 3.8) is 0 Å². The predicted octanol–water partition coefficient (Wildman–Crippen LogP) is 4.42. The Morgan fingerprint density at radius 1 is 1.24 bits per heavy atom. The van der Waals surface area contributed by atoms with Crippen LogP contribution in [0.5, 0.6) is 0 Å².